The summed E-state index contributed by atoms with van der Waals surface area (Å²) in [5.74, 6) is 0.670. The van der Waals surface area contributed by atoms with Crippen LogP contribution < -0.4 is 4.74 Å². The van der Waals surface area contributed by atoms with E-state index in [2.05, 4.69) is 20.9 Å². The minimum Gasteiger partial charge on any atom is -0.495 e. The predicted octanol–water partition coefficient (Wildman–Crippen LogP) is 3.51. The van der Waals surface area contributed by atoms with Crippen LogP contribution in [0.2, 0.25) is 5.02 Å². The Morgan fingerprint density at radius 1 is 1.44 bits per heavy atom. The summed E-state index contributed by atoms with van der Waals surface area (Å²) in [7, 11) is 3.53. The molecule has 0 aliphatic rings. The highest BCUT2D eigenvalue weighted by Gasteiger charge is 2.10. The summed E-state index contributed by atoms with van der Waals surface area (Å²) in [5, 5.41) is 0.591. The van der Waals surface area contributed by atoms with Crippen LogP contribution in [0, 0.1) is 0 Å². The Morgan fingerprint density at radius 2 is 2.19 bits per heavy atom. The van der Waals surface area contributed by atoms with Crippen LogP contribution >= 0.6 is 27.5 Å². The molecule has 0 amide bonds. The molecule has 0 N–H and O–H groups in total. The van der Waals surface area contributed by atoms with Crippen LogP contribution in [0.1, 0.15) is 0 Å². The summed E-state index contributed by atoms with van der Waals surface area (Å²) < 4.78 is 7.85. The van der Waals surface area contributed by atoms with Gasteiger partial charge in [0, 0.05) is 12.6 Å². The third-order valence-corrected chi connectivity index (χ3v) is 3.19. The lowest BCUT2D eigenvalue weighted by Crippen LogP contribution is -1.91. The van der Waals surface area contributed by atoms with Gasteiger partial charge in [-0.1, -0.05) is 11.6 Å². The number of imidazole rings is 1. The molecule has 5 heteroatoms. The summed E-state index contributed by atoms with van der Waals surface area (Å²) >= 11 is 9.49. The molecule has 0 atom stereocenters. The Balaban J connectivity index is 2.53. The van der Waals surface area contributed by atoms with Gasteiger partial charge in [0.25, 0.3) is 0 Å². The fourth-order valence-corrected chi connectivity index (χ4v) is 2.40. The standard InChI is InChI=1S/C11H10BrClN2O/c1-15-6-14-11(12)10(15)7-3-4-9(16-2)8(13)5-7/h3-6H,1-2H3. The van der Waals surface area contributed by atoms with Crippen LogP contribution in [-0.4, -0.2) is 16.7 Å². The fraction of sp³-hybridized carbons (Fsp3) is 0.182. The molecule has 0 unspecified atom stereocenters. The number of aromatic nitrogens is 2. The van der Waals surface area contributed by atoms with Crippen molar-refractivity contribution in [2.45, 2.75) is 0 Å². The van der Waals surface area contributed by atoms with Gasteiger partial charge in [-0.05, 0) is 34.1 Å². The van der Waals surface area contributed by atoms with Gasteiger partial charge in [0.15, 0.2) is 0 Å². The van der Waals surface area contributed by atoms with E-state index in [1.807, 2.05) is 29.8 Å². The minimum atomic E-state index is 0.591. The molecule has 1 aromatic carbocycles. The number of halogens is 2. The third-order valence-electron chi connectivity index (χ3n) is 2.32. The van der Waals surface area contributed by atoms with E-state index in [4.69, 9.17) is 16.3 Å². The van der Waals surface area contributed by atoms with Gasteiger partial charge >= 0.3 is 0 Å². The molecule has 0 saturated carbocycles. The predicted molar refractivity (Wildman–Crippen MR) is 67.9 cm³/mol. The van der Waals surface area contributed by atoms with Crippen molar-refractivity contribution in [3.05, 3.63) is 34.2 Å². The summed E-state index contributed by atoms with van der Waals surface area (Å²) in [5.41, 5.74) is 1.99. The number of hydrogen-bond donors (Lipinski definition) is 0. The van der Waals surface area contributed by atoms with Crippen molar-refractivity contribution in [3.63, 3.8) is 0 Å². The van der Waals surface area contributed by atoms with Gasteiger partial charge in [-0.15, -0.1) is 0 Å². The van der Waals surface area contributed by atoms with Crippen molar-refractivity contribution in [3.8, 4) is 17.0 Å². The molecular weight excluding hydrogens is 291 g/mol. The summed E-state index contributed by atoms with van der Waals surface area (Å²) in [4.78, 5) is 4.17. The Morgan fingerprint density at radius 3 is 2.69 bits per heavy atom. The van der Waals surface area contributed by atoms with Crippen LogP contribution in [-0.2, 0) is 7.05 Å². The van der Waals surface area contributed by atoms with E-state index >= 15 is 0 Å². The summed E-state index contributed by atoms with van der Waals surface area (Å²) in [6.45, 7) is 0. The first-order chi connectivity index (χ1) is 7.63. The molecule has 84 valence electrons. The number of hydrogen-bond acceptors (Lipinski definition) is 2. The zero-order valence-electron chi connectivity index (χ0n) is 8.87. The minimum absolute atomic E-state index is 0.591. The molecule has 0 radical (unpaired) electrons. The Labute approximate surface area is 107 Å². The van der Waals surface area contributed by atoms with Crippen molar-refractivity contribution >= 4 is 27.5 Å². The number of rotatable bonds is 2. The monoisotopic (exact) mass is 300 g/mol. The average molecular weight is 302 g/mol. The Kier molecular flexibility index (Phi) is 3.21. The topological polar surface area (TPSA) is 27.1 Å². The smallest absolute Gasteiger partial charge is 0.137 e. The van der Waals surface area contributed by atoms with Crippen molar-refractivity contribution in [1.29, 1.82) is 0 Å². The molecule has 3 nitrogen and oxygen atoms in total. The summed E-state index contributed by atoms with van der Waals surface area (Å²) in [6.07, 6.45) is 1.75. The van der Waals surface area contributed by atoms with E-state index in [1.54, 1.807) is 13.4 Å². The van der Waals surface area contributed by atoms with Crippen LogP contribution in [0.4, 0.5) is 0 Å². The molecule has 16 heavy (non-hydrogen) atoms. The lowest BCUT2D eigenvalue weighted by molar-refractivity contribution is 0.415. The van der Waals surface area contributed by atoms with E-state index < -0.39 is 0 Å². The molecule has 0 saturated heterocycles. The van der Waals surface area contributed by atoms with E-state index in [1.165, 1.54) is 0 Å². The SMILES string of the molecule is COc1ccc(-c2c(Br)ncn2C)cc1Cl. The number of benzene rings is 1. The molecule has 1 heterocycles. The van der Waals surface area contributed by atoms with Crippen LogP contribution in [0.25, 0.3) is 11.3 Å². The average Bonchev–Trinajstić information content (AvgIpc) is 2.58. The van der Waals surface area contributed by atoms with Gasteiger partial charge in [-0.3, -0.25) is 0 Å². The molecule has 0 spiro atoms. The number of aryl methyl sites for hydroxylation is 1. The quantitative estimate of drug-likeness (QED) is 0.849. The van der Waals surface area contributed by atoms with E-state index in [0.717, 1.165) is 15.9 Å². The largest absolute Gasteiger partial charge is 0.495 e. The van der Waals surface area contributed by atoms with Crippen LogP contribution in [0.15, 0.2) is 29.1 Å². The van der Waals surface area contributed by atoms with Crippen molar-refractivity contribution in [2.24, 2.45) is 7.05 Å². The molecule has 0 fully saturated rings. The molecule has 0 bridgehead atoms. The second kappa shape index (κ2) is 4.47. The fourth-order valence-electron chi connectivity index (χ4n) is 1.54. The highest BCUT2D eigenvalue weighted by molar-refractivity contribution is 9.10. The van der Waals surface area contributed by atoms with Gasteiger partial charge in [0.1, 0.15) is 10.4 Å². The van der Waals surface area contributed by atoms with Gasteiger partial charge < -0.3 is 9.30 Å². The number of nitrogens with zero attached hydrogens (tertiary/aromatic N) is 2. The van der Waals surface area contributed by atoms with Crippen molar-refractivity contribution < 1.29 is 4.74 Å². The molecule has 2 aromatic rings. The number of methoxy groups -OCH3 is 1. The number of ether oxygens (including phenoxy) is 1. The third kappa shape index (κ3) is 1.95. The molecular formula is C11H10BrClN2O. The van der Waals surface area contributed by atoms with Gasteiger partial charge in [-0.25, -0.2) is 4.98 Å². The maximum Gasteiger partial charge on any atom is 0.137 e. The second-order valence-electron chi connectivity index (χ2n) is 3.34. The van der Waals surface area contributed by atoms with Crippen LogP contribution in [0.3, 0.4) is 0 Å². The Hall–Kier alpha value is -1.00. The van der Waals surface area contributed by atoms with E-state index in [0.29, 0.717) is 10.8 Å². The molecule has 2 rings (SSSR count). The zero-order chi connectivity index (χ0) is 11.7. The maximum absolute atomic E-state index is 6.08. The normalized spacial score (nSPS) is 10.5. The zero-order valence-corrected chi connectivity index (χ0v) is 11.2. The maximum atomic E-state index is 6.08. The van der Waals surface area contributed by atoms with Crippen molar-refractivity contribution in [2.75, 3.05) is 7.11 Å². The first kappa shape index (κ1) is 11.5. The van der Waals surface area contributed by atoms with Crippen LogP contribution in [0.5, 0.6) is 5.75 Å². The lowest BCUT2D eigenvalue weighted by atomic mass is 10.1. The van der Waals surface area contributed by atoms with E-state index in [9.17, 15) is 0 Å². The lowest BCUT2D eigenvalue weighted by Gasteiger charge is -2.07. The van der Waals surface area contributed by atoms with Gasteiger partial charge in [0.05, 0.1) is 24.2 Å². The highest BCUT2D eigenvalue weighted by Crippen LogP contribution is 2.32. The summed E-state index contributed by atoms with van der Waals surface area (Å²) in [6, 6.07) is 5.66. The van der Waals surface area contributed by atoms with Gasteiger partial charge in [0.2, 0.25) is 0 Å². The highest BCUT2D eigenvalue weighted by atomic mass is 79.9. The molecule has 1 aromatic heterocycles. The first-order valence-corrected chi connectivity index (χ1v) is 5.81. The van der Waals surface area contributed by atoms with Crippen molar-refractivity contribution in [1.82, 2.24) is 9.55 Å². The first-order valence-electron chi connectivity index (χ1n) is 4.64. The van der Waals surface area contributed by atoms with E-state index in [-0.39, 0.29) is 0 Å². The Bertz CT molecular complexity index is 505. The molecule has 0 aliphatic heterocycles. The second-order valence-corrected chi connectivity index (χ2v) is 4.50. The molecule has 0 aliphatic carbocycles. The van der Waals surface area contributed by atoms with Gasteiger partial charge in [-0.2, -0.15) is 0 Å².